The molecule has 0 bridgehead atoms. The Morgan fingerprint density at radius 1 is 0.562 bits per heavy atom. The first kappa shape index (κ1) is 19.3. The molecule has 1 aliphatic heterocycles. The van der Waals surface area contributed by atoms with Crippen LogP contribution in [0.25, 0.3) is 11.1 Å². The van der Waals surface area contributed by atoms with Crippen molar-refractivity contribution in [2.24, 2.45) is 0 Å². The zero-order chi connectivity index (χ0) is 22.0. The molecule has 1 aliphatic carbocycles. The van der Waals surface area contributed by atoms with Gasteiger partial charge in [0.05, 0.1) is 5.41 Å². The Hall–Kier alpha value is -3.35. The zero-order valence-electron chi connectivity index (χ0n) is 16.9. The third-order valence-corrected chi connectivity index (χ3v) is 6.60. The Morgan fingerprint density at radius 2 is 1.16 bits per heavy atom. The third-order valence-electron chi connectivity index (χ3n) is 6.60. The van der Waals surface area contributed by atoms with Gasteiger partial charge in [-0.2, -0.15) is 0 Å². The van der Waals surface area contributed by atoms with E-state index in [-0.39, 0.29) is 5.46 Å². The third kappa shape index (κ3) is 2.34. The molecule has 0 saturated carbocycles. The maximum Gasteiger partial charge on any atom is 0.492 e. The molecule has 0 aromatic heterocycles. The molecule has 2 aliphatic rings. The summed E-state index contributed by atoms with van der Waals surface area (Å²) in [4.78, 5) is 0. The molecular weight excluding hydrogens is 402 g/mol. The van der Waals surface area contributed by atoms with E-state index in [1.807, 2.05) is 66.7 Å². The van der Waals surface area contributed by atoms with E-state index in [9.17, 15) is 20.1 Å². The van der Waals surface area contributed by atoms with Crippen molar-refractivity contribution in [1.82, 2.24) is 0 Å². The number of fused-ring (bicyclic) bond motifs is 9. The Labute approximate surface area is 185 Å². The number of ether oxygens (including phenoxy) is 1. The molecule has 4 aromatic carbocycles. The first-order valence-corrected chi connectivity index (χ1v) is 10.4. The standard InChI is InChI=1S/C25H18B2O5/c28-26(29)20-12-5-8-16-15-7-1-2-9-17(15)25(23(16)20)18-10-3-4-14-22(18)32-24-19(25)11-6-13-21(24)27(30)31/h1-14,28-31H. The summed E-state index contributed by atoms with van der Waals surface area (Å²) < 4.78 is 6.24. The summed E-state index contributed by atoms with van der Waals surface area (Å²) in [6.07, 6.45) is 0. The molecule has 0 fully saturated rings. The predicted octanol–water partition coefficient (Wildman–Crippen LogP) is 1.51. The van der Waals surface area contributed by atoms with Crippen molar-refractivity contribution in [3.05, 3.63) is 107 Å². The molecule has 1 unspecified atom stereocenters. The van der Waals surface area contributed by atoms with E-state index in [1.165, 1.54) is 0 Å². The smallest absolute Gasteiger partial charge is 0.457 e. The molecule has 7 heteroatoms. The van der Waals surface area contributed by atoms with Gasteiger partial charge >= 0.3 is 14.2 Å². The average Bonchev–Trinajstić information content (AvgIpc) is 3.10. The van der Waals surface area contributed by atoms with Crippen LogP contribution in [0.3, 0.4) is 0 Å². The van der Waals surface area contributed by atoms with Crippen LogP contribution in [0, 0.1) is 0 Å². The summed E-state index contributed by atoms with van der Waals surface area (Å²) in [6.45, 7) is 0. The van der Waals surface area contributed by atoms with E-state index >= 15 is 0 Å². The van der Waals surface area contributed by atoms with Crippen LogP contribution in [-0.4, -0.2) is 34.3 Å². The van der Waals surface area contributed by atoms with Crippen molar-refractivity contribution >= 4 is 25.2 Å². The molecule has 4 aromatic rings. The molecular formula is C25H18B2O5. The highest BCUT2D eigenvalue weighted by Crippen LogP contribution is 2.61. The summed E-state index contributed by atoms with van der Waals surface area (Å²) in [5.74, 6) is 0.948. The van der Waals surface area contributed by atoms with Crippen LogP contribution in [0.15, 0.2) is 84.9 Å². The normalized spacial score (nSPS) is 17.1. The van der Waals surface area contributed by atoms with Gasteiger partial charge in [0.1, 0.15) is 11.5 Å². The number of rotatable bonds is 2. The second-order valence-corrected chi connectivity index (χ2v) is 8.13. The topological polar surface area (TPSA) is 90.2 Å². The van der Waals surface area contributed by atoms with E-state index in [4.69, 9.17) is 4.74 Å². The first-order chi connectivity index (χ1) is 15.5. The monoisotopic (exact) mass is 420 g/mol. The maximum atomic E-state index is 10.4. The maximum absolute atomic E-state index is 10.4. The fourth-order valence-electron chi connectivity index (χ4n) is 5.46. The summed E-state index contributed by atoms with van der Waals surface area (Å²) in [5, 5.41) is 40.9. The SMILES string of the molecule is OB(O)c1cccc2c1Oc1ccccc1C21c2ccccc2-c2cccc(B(O)O)c21. The number of hydrogen-bond acceptors (Lipinski definition) is 5. The van der Waals surface area contributed by atoms with Crippen LogP contribution in [-0.2, 0) is 5.41 Å². The highest BCUT2D eigenvalue weighted by Gasteiger charge is 2.53. The quantitative estimate of drug-likeness (QED) is 0.319. The van der Waals surface area contributed by atoms with Gasteiger partial charge in [-0.25, -0.2) is 0 Å². The van der Waals surface area contributed by atoms with Crippen LogP contribution in [0.5, 0.6) is 11.5 Å². The molecule has 0 amide bonds. The number of benzene rings is 4. The lowest BCUT2D eigenvalue weighted by Crippen LogP contribution is -2.43. The van der Waals surface area contributed by atoms with Gasteiger partial charge in [-0.15, -0.1) is 0 Å². The predicted molar refractivity (Wildman–Crippen MR) is 123 cm³/mol. The van der Waals surface area contributed by atoms with E-state index in [0.29, 0.717) is 17.0 Å². The van der Waals surface area contributed by atoms with Gasteiger partial charge in [-0.1, -0.05) is 78.9 Å². The summed E-state index contributed by atoms with van der Waals surface area (Å²) in [7, 11) is -3.40. The van der Waals surface area contributed by atoms with Gasteiger partial charge in [0.2, 0.25) is 0 Å². The lowest BCUT2D eigenvalue weighted by Gasteiger charge is -2.40. The fourth-order valence-corrected chi connectivity index (χ4v) is 5.46. The zero-order valence-corrected chi connectivity index (χ0v) is 16.9. The largest absolute Gasteiger partial charge is 0.492 e. The van der Waals surface area contributed by atoms with Crippen LogP contribution in [0.2, 0.25) is 0 Å². The number of hydrogen-bond donors (Lipinski definition) is 4. The van der Waals surface area contributed by atoms with Gasteiger partial charge in [-0.3, -0.25) is 0 Å². The minimum Gasteiger partial charge on any atom is -0.457 e. The Morgan fingerprint density at radius 3 is 1.94 bits per heavy atom. The second kappa shape index (κ2) is 6.82. The number of para-hydroxylation sites is 2. The van der Waals surface area contributed by atoms with Crippen molar-refractivity contribution in [2.75, 3.05) is 0 Å². The van der Waals surface area contributed by atoms with Crippen molar-refractivity contribution in [3.8, 4) is 22.6 Å². The van der Waals surface area contributed by atoms with E-state index in [0.717, 1.165) is 33.4 Å². The molecule has 154 valence electrons. The minimum absolute atomic E-state index is 0.254. The summed E-state index contributed by atoms with van der Waals surface area (Å²) >= 11 is 0. The molecule has 0 saturated heterocycles. The van der Waals surface area contributed by atoms with Crippen molar-refractivity contribution in [1.29, 1.82) is 0 Å². The minimum atomic E-state index is -1.72. The molecule has 6 rings (SSSR count). The molecule has 4 N–H and O–H groups in total. The van der Waals surface area contributed by atoms with E-state index in [2.05, 4.69) is 0 Å². The van der Waals surface area contributed by atoms with Gasteiger partial charge in [0, 0.05) is 16.6 Å². The lowest BCUT2D eigenvalue weighted by molar-refractivity contribution is 0.411. The first-order valence-electron chi connectivity index (χ1n) is 10.4. The molecule has 1 spiro atoms. The van der Waals surface area contributed by atoms with E-state index in [1.54, 1.807) is 18.2 Å². The molecule has 32 heavy (non-hydrogen) atoms. The van der Waals surface area contributed by atoms with Crippen molar-refractivity contribution in [3.63, 3.8) is 0 Å². The Balaban J connectivity index is 1.86. The Kier molecular flexibility index (Phi) is 4.12. The Bertz CT molecular complexity index is 1380. The molecule has 0 radical (unpaired) electrons. The van der Waals surface area contributed by atoms with Gasteiger partial charge in [0.25, 0.3) is 0 Å². The van der Waals surface area contributed by atoms with Crippen molar-refractivity contribution in [2.45, 2.75) is 5.41 Å². The van der Waals surface area contributed by atoms with Crippen LogP contribution >= 0.6 is 0 Å². The molecule has 5 nitrogen and oxygen atoms in total. The second-order valence-electron chi connectivity index (χ2n) is 8.13. The van der Waals surface area contributed by atoms with Gasteiger partial charge < -0.3 is 24.8 Å². The fraction of sp³-hybridized carbons (Fsp3) is 0.0400. The lowest BCUT2D eigenvalue weighted by atomic mass is 9.60. The van der Waals surface area contributed by atoms with Crippen LogP contribution < -0.4 is 15.7 Å². The summed E-state index contributed by atoms with van der Waals surface area (Å²) in [6, 6.07) is 26.4. The van der Waals surface area contributed by atoms with Crippen LogP contribution in [0.4, 0.5) is 0 Å². The van der Waals surface area contributed by atoms with Gasteiger partial charge in [-0.05, 0) is 33.8 Å². The van der Waals surface area contributed by atoms with Crippen LogP contribution in [0.1, 0.15) is 22.3 Å². The summed E-state index contributed by atoms with van der Waals surface area (Å²) in [5.41, 5.74) is 4.95. The average molecular weight is 420 g/mol. The highest BCUT2D eigenvalue weighted by molar-refractivity contribution is 6.60. The molecule has 1 atom stereocenters. The van der Waals surface area contributed by atoms with Gasteiger partial charge in [0.15, 0.2) is 0 Å². The highest BCUT2D eigenvalue weighted by atomic mass is 16.5. The molecule has 1 heterocycles. The van der Waals surface area contributed by atoms with Crippen molar-refractivity contribution < 1.29 is 24.8 Å². The van der Waals surface area contributed by atoms with E-state index < -0.39 is 19.7 Å².